The van der Waals surface area contributed by atoms with Crippen molar-refractivity contribution in [3.05, 3.63) is 0 Å². The molecule has 14 heavy (non-hydrogen) atoms. The van der Waals surface area contributed by atoms with Crippen LogP contribution in [0, 0.1) is 23.7 Å². The van der Waals surface area contributed by atoms with E-state index >= 15 is 0 Å². The molecule has 3 rings (SSSR count). The minimum absolute atomic E-state index is 0.190. The smallest absolute Gasteiger partial charge is 0.236 e. The second-order valence-electron chi connectivity index (χ2n) is 5.06. The van der Waals surface area contributed by atoms with Gasteiger partial charge in [-0.15, -0.1) is 0 Å². The van der Waals surface area contributed by atoms with Crippen LogP contribution in [0.1, 0.15) is 32.1 Å². The number of fused-ring (bicyclic) bond motifs is 5. The van der Waals surface area contributed by atoms with Crippen LogP contribution in [0.4, 0.5) is 0 Å². The molecule has 0 unspecified atom stereocenters. The molecule has 0 amide bonds. The Balaban J connectivity index is 1.89. The first-order chi connectivity index (χ1) is 6.80. The third-order valence-corrected chi connectivity index (χ3v) is 4.72. The maximum absolute atomic E-state index is 8.87. The Labute approximate surface area is 82.7 Å². The van der Waals surface area contributed by atoms with E-state index in [9.17, 15) is 0 Å². The molecule has 3 aliphatic carbocycles. The lowest BCUT2D eigenvalue weighted by Crippen LogP contribution is -2.44. The molecule has 0 aromatic heterocycles. The van der Waals surface area contributed by atoms with Gasteiger partial charge in [-0.2, -0.15) is 0 Å². The van der Waals surface area contributed by atoms with E-state index in [0.29, 0.717) is 18.3 Å². The minimum Gasteiger partial charge on any atom is -0.249 e. The van der Waals surface area contributed by atoms with Crippen molar-refractivity contribution in [2.45, 2.75) is 37.9 Å². The molecule has 2 N–H and O–H groups in total. The van der Waals surface area contributed by atoms with Crippen molar-refractivity contribution in [1.82, 2.24) is 0 Å². The average molecular weight is 200 g/mol. The lowest BCUT2D eigenvalue weighted by molar-refractivity contribution is -0.502. The maximum Gasteiger partial charge on any atom is 0.236 e. The molecular formula is C10H16O4. The molecule has 4 atom stereocenters. The maximum atomic E-state index is 8.87. The van der Waals surface area contributed by atoms with Gasteiger partial charge in [-0.1, -0.05) is 6.42 Å². The standard InChI is InChI=1S/C10H16O4/c11-13-10(14-12)5-6-4-9(10)8-3-1-2-7(6)8/h6-9,11-12H,1-5H2/t6-,7+,8+,9+/m1/s1. The van der Waals surface area contributed by atoms with Gasteiger partial charge in [0.15, 0.2) is 0 Å². The van der Waals surface area contributed by atoms with Crippen LogP contribution < -0.4 is 0 Å². The molecule has 3 fully saturated rings. The molecule has 0 heterocycles. The molecule has 0 aromatic rings. The number of rotatable bonds is 2. The molecule has 4 nitrogen and oxygen atoms in total. The highest BCUT2D eigenvalue weighted by Crippen LogP contribution is 2.63. The Bertz CT molecular complexity index is 238. The number of hydrogen-bond donors (Lipinski definition) is 2. The third kappa shape index (κ3) is 0.922. The van der Waals surface area contributed by atoms with Crippen LogP contribution in [0.3, 0.4) is 0 Å². The molecule has 3 aliphatic rings. The van der Waals surface area contributed by atoms with Gasteiger partial charge in [0.1, 0.15) is 0 Å². The summed E-state index contributed by atoms with van der Waals surface area (Å²) in [5, 5.41) is 17.7. The Morgan fingerprint density at radius 1 is 1.07 bits per heavy atom. The summed E-state index contributed by atoms with van der Waals surface area (Å²) in [6.07, 6.45) is 5.45. The van der Waals surface area contributed by atoms with E-state index in [1.807, 2.05) is 0 Å². The van der Waals surface area contributed by atoms with E-state index in [2.05, 4.69) is 9.78 Å². The molecule has 0 spiro atoms. The zero-order valence-electron chi connectivity index (χ0n) is 8.06. The van der Waals surface area contributed by atoms with Crippen LogP contribution >= 0.6 is 0 Å². The fourth-order valence-electron chi connectivity index (χ4n) is 4.26. The van der Waals surface area contributed by atoms with Gasteiger partial charge in [0.05, 0.1) is 0 Å². The van der Waals surface area contributed by atoms with Crippen LogP contribution in [0.15, 0.2) is 0 Å². The Hall–Kier alpha value is -0.160. The summed E-state index contributed by atoms with van der Waals surface area (Å²) in [4.78, 5) is 8.84. The Morgan fingerprint density at radius 3 is 2.50 bits per heavy atom. The van der Waals surface area contributed by atoms with Crippen LogP contribution in [0.25, 0.3) is 0 Å². The van der Waals surface area contributed by atoms with E-state index in [4.69, 9.17) is 10.5 Å². The zero-order valence-corrected chi connectivity index (χ0v) is 8.06. The summed E-state index contributed by atoms with van der Waals surface area (Å²) < 4.78 is 0. The predicted octanol–water partition coefficient (Wildman–Crippen LogP) is 2.12. The molecule has 0 saturated heterocycles. The molecule has 0 radical (unpaired) electrons. The average Bonchev–Trinajstić information content (AvgIpc) is 2.88. The first kappa shape index (κ1) is 9.09. The van der Waals surface area contributed by atoms with Crippen molar-refractivity contribution in [2.24, 2.45) is 23.7 Å². The van der Waals surface area contributed by atoms with Crippen molar-refractivity contribution in [2.75, 3.05) is 0 Å². The van der Waals surface area contributed by atoms with E-state index in [0.717, 1.165) is 12.3 Å². The predicted molar refractivity (Wildman–Crippen MR) is 47.2 cm³/mol. The number of hydrogen-bond acceptors (Lipinski definition) is 4. The van der Waals surface area contributed by atoms with Gasteiger partial charge >= 0.3 is 0 Å². The van der Waals surface area contributed by atoms with Gasteiger partial charge in [-0.05, 0) is 37.0 Å². The van der Waals surface area contributed by atoms with Crippen LogP contribution in [0.2, 0.25) is 0 Å². The van der Waals surface area contributed by atoms with E-state index in [-0.39, 0.29) is 5.92 Å². The second kappa shape index (κ2) is 2.92. The Morgan fingerprint density at radius 2 is 1.79 bits per heavy atom. The largest absolute Gasteiger partial charge is 0.249 e. The van der Waals surface area contributed by atoms with Gasteiger partial charge < -0.3 is 0 Å². The van der Waals surface area contributed by atoms with E-state index < -0.39 is 5.79 Å². The Kier molecular flexibility index (Phi) is 1.89. The molecule has 4 heteroatoms. The highest BCUT2D eigenvalue weighted by atomic mass is 17.2. The summed E-state index contributed by atoms with van der Waals surface area (Å²) in [6, 6.07) is 0. The van der Waals surface area contributed by atoms with Gasteiger partial charge in [-0.3, -0.25) is 0 Å². The summed E-state index contributed by atoms with van der Waals surface area (Å²) in [7, 11) is 0. The monoisotopic (exact) mass is 200 g/mol. The van der Waals surface area contributed by atoms with Crippen LogP contribution in [0.5, 0.6) is 0 Å². The molecule has 0 aromatic carbocycles. The molecule has 0 aliphatic heterocycles. The normalized spacial score (nSPS) is 48.4. The summed E-state index contributed by atoms with van der Waals surface area (Å²) in [5.41, 5.74) is 0. The van der Waals surface area contributed by atoms with Gasteiger partial charge in [0.25, 0.3) is 0 Å². The van der Waals surface area contributed by atoms with Gasteiger partial charge in [0, 0.05) is 12.3 Å². The first-order valence-corrected chi connectivity index (χ1v) is 5.46. The lowest BCUT2D eigenvalue weighted by atomic mass is 9.78. The molecular weight excluding hydrogens is 184 g/mol. The topological polar surface area (TPSA) is 58.9 Å². The quantitative estimate of drug-likeness (QED) is 0.407. The lowest BCUT2D eigenvalue weighted by Gasteiger charge is -2.37. The summed E-state index contributed by atoms with van der Waals surface area (Å²) in [6.45, 7) is 0. The van der Waals surface area contributed by atoms with Crippen molar-refractivity contribution in [3.8, 4) is 0 Å². The van der Waals surface area contributed by atoms with Gasteiger partial charge in [-0.25, -0.2) is 20.3 Å². The van der Waals surface area contributed by atoms with Gasteiger partial charge in [0.2, 0.25) is 5.79 Å². The fraction of sp³-hybridized carbons (Fsp3) is 1.00. The van der Waals surface area contributed by atoms with Crippen LogP contribution in [-0.2, 0) is 9.78 Å². The summed E-state index contributed by atoms with van der Waals surface area (Å²) in [5.74, 6) is 1.05. The highest BCUT2D eigenvalue weighted by Gasteiger charge is 2.63. The third-order valence-electron chi connectivity index (χ3n) is 4.72. The molecule has 2 bridgehead atoms. The summed E-state index contributed by atoms with van der Waals surface area (Å²) >= 11 is 0. The fourth-order valence-corrected chi connectivity index (χ4v) is 4.26. The van der Waals surface area contributed by atoms with E-state index in [1.165, 1.54) is 19.3 Å². The minimum atomic E-state index is -1.10. The van der Waals surface area contributed by atoms with Crippen molar-refractivity contribution >= 4 is 0 Å². The molecule has 80 valence electrons. The molecule has 3 saturated carbocycles. The van der Waals surface area contributed by atoms with Crippen molar-refractivity contribution in [3.63, 3.8) is 0 Å². The first-order valence-electron chi connectivity index (χ1n) is 5.46. The van der Waals surface area contributed by atoms with Crippen LogP contribution in [-0.4, -0.2) is 16.3 Å². The SMILES string of the molecule is OOC1(OO)C[C@H]2C[C@H]1[C@H]1CCC[C@@H]21. The highest BCUT2D eigenvalue weighted by molar-refractivity contribution is 5.06. The van der Waals surface area contributed by atoms with E-state index in [1.54, 1.807) is 0 Å². The second-order valence-corrected chi connectivity index (χ2v) is 5.06. The van der Waals surface area contributed by atoms with Crippen molar-refractivity contribution in [1.29, 1.82) is 0 Å². The van der Waals surface area contributed by atoms with Crippen molar-refractivity contribution < 1.29 is 20.3 Å². The zero-order chi connectivity index (χ0) is 9.76.